The van der Waals surface area contributed by atoms with E-state index in [0.29, 0.717) is 16.5 Å². The molecule has 0 radical (unpaired) electrons. The Morgan fingerprint density at radius 1 is 1.31 bits per heavy atom. The topological polar surface area (TPSA) is 92.9 Å². The number of amides is 1. The molecule has 0 bridgehead atoms. The van der Waals surface area contributed by atoms with Crippen molar-refractivity contribution in [2.75, 3.05) is 5.32 Å². The third-order valence-corrected chi connectivity index (χ3v) is 4.72. The van der Waals surface area contributed by atoms with Gasteiger partial charge in [0.15, 0.2) is 0 Å². The van der Waals surface area contributed by atoms with Crippen LogP contribution in [0.4, 0.5) is 10.1 Å². The molecule has 0 fully saturated rings. The molecule has 0 aliphatic rings. The zero-order valence-electron chi connectivity index (χ0n) is 13.4. The van der Waals surface area contributed by atoms with Crippen LogP contribution in [0.25, 0.3) is 5.69 Å². The number of halogens is 2. The van der Waals surface area contributed by atoms with E-state index >= 15 is 0 Å². The van der Waals surface area contributed by atoms with E-state index in [-0.39, 0.29) is 16.7 Å². The Kier molecular flexibility index (Phi) is 5.38. The Bertz CT molecular complexity index is 935. The van der Waals surface area contributed by atoms with Gasteiger partial charge in [0.2, 0.25) is 11.1 Å². The molecule has 2 aromatic carbocycles. The summed E-state index contributed by atoms with van der Waals surface area (Å²) in [6, 6.07) is 10.1. The zero-order chi connectivity index (χ0) is 18.7. The van der Waals surface area contributed by atoms with Gasteiger partial charge in [-0.15, -0.1) is 5.10 Å². The second kappa shape index (κ2) is 7.71. The van der Waals surface area contributed by atoms with Crippen molar-refractivity contribution in [3.63, 3.8) is 0 Å². The standard InChI is InChI=1S/C16H13ClFN5O2S/c1-9(15(25)19-14-7-2-10(18)8-13(14)17)26-16-20-21-22-23(16)11-3-5-12(24)6-4-11/h2-9,24H,1H3,(H,19,25). The number of benzene rings is 2. The molecule has 3 rings (SSSR count). The Hall–Kier alpha value is -2.65. The van der Waals surface area contributed by atoms with Crippen LogP contribution in [0.3, 0.4) is 0 Å². The third kappa shape index (κ3) is 4.12. The van der Waals surface area contributed by atoms with Crippen molar-refractivity contribution < 1.29 is 14.3 Å². The highest BCUT2D eigenvalue weighted by molar-refractivity contribution is 8.00. The van der Waals surface area contributed by atoms with Gasteiger partial charge in [-0.25, -0.2) is 4.39 Å². The fourth-order valence-corrected chi connectivity index (χ4v) is 3.07. The van der Waals surface area contributed by atoms with E-state index in [0.717, 1.165) is 17.8 Å². The number of thioether (sulfide) groups is 1. The molecule has 0 aliphatic carbocycles. The molecule has 1 unspecified atom stereocenters. The second-order valence-corrected chi connectivity index (χ2v) is 6.98. The number of carbonyl (C=O) groups is 1. The third-order valence-electron chi connectivity index (χ3n) is 3.38. The van der Waals surface area contributed by atoms with E-state index in [1.807, 2.05) is 0 Å². The summed E-state index contributed by atoms with van der Waals surface area (Å²) in [7, 11) is 0. The summed E-state index contributed by atoms with van der Waals surface area (Å²) in [4.78, 5) is 12.4. The molecule has 2 N–H and O–H groups in total. The first kappa shape index (κ1) is 18.2. The monoisotopic (exact) mass is 393 g/mol. The Labute approximate surface area is 157 Å². The summed E-state index contributed by atoms with van der Waals surface area (Å²) in [5.41, 5.74) is 0.966. The molecular formula is C16H13ClFN5O2S. The van der Waals surface area contributed by atoms with Crippen LogP contribution in [-0.4, -0.2) is 36.5 Å². The van der Waals surface area contributed by atoms with Gasteiger partial charge in [-0.05, 0) is 59.8 Å². The minimum atomic E-state index is -0.544. The predicted molar refractivity (Wildman–Crippen MR) is 96.2 cm³/mol. The number of rotatable bonds is 5. The normalized spacial score (nSPS) is 12.0. The fraction of sp³-hybridized carbons (Fsp3) is 0.125. The van der Waals surface area contributed by atoms with Crippen LogP contribution in [0.15, 0.2) is 47.6 Å². The number of anilines is 1. The van der Waals surface area contributed by atoms with E-state index in [9.17, 15) is 14.3 Å². The predicted octanol–water partition coefficient (Wildman–Crippen LogP) is 3.28. The van der Waals surface area contributed by atoms with Crippen molar-refractivity contribution in [1.82, 2.24) is 20.2 Å². The van der Waals surface area contributed by atoms with Gasteiger partial charge in [0.05, 0.1) is 21.6 Å². The number of aromatic hydroxyl groups is 1. The summed E-state index contributed by atoms with van der Waals surface area (Å²) >= 11 is 7.07. The Balaban J connectivity index is 1.72. The molecule has 1 atom stereocenters. The molecule has 1 amide bonds. The van der Waals surface area contributed by atoms with Crippen molar-refractivity contribution in [2.24, 2.45) is 0 Å². The summed E-state index contributed by atoms with van der Waals surface area (Å²) in [5, 5.41) is 23.4. The van der Waals surface area contributed by atoms with Gasteiger partial charge < -0.3 is 10.4 Å². The van der Waals surface area contributed by atoms with Gasteiger partial charge >= 0.3 is 0 Å². The van der Waals surface area contributed by atoms with Crippen molar-refractivity contribution in [2.45, 2.75) is 17.3 Å². The van der Waals surface area contributed by atoms with Crippen LogP contribution in [0.2, 0.25) is 5.02 Å². The van der Waals surface area contributed by atoms with Crippen molar-refractivity contribution >= 4 is 35.0 Å². The summed E-state index contributed by atoms with van der Waals surface area (Å²) < 4.78 is 14.5. The van der Waals surface area contributed by atoms with Crippen LogP contribution >= 0.6 is 23.4 Å². The van der Waals surface area contributed by atoms with Crippen LogP contribution in [-0.2, 0) is 4.79 Å². The summed E-state index contributed by atoms with van der Waals surface area (Å²) in [6.45, 7) is 1.69. The molecule has 1 aromatic heterocycles. The number of nitrogens with one attached hydrogen (secondary N) is 1. The Morgan fingerprint density at radius 3 is 2.73 bits per heavy atom. The van der Waals surface area contributed by atoms with Gasteiger partial charge in [-0.2, -0.15) is 4.68 Å². The molecule has 0 saturated heterocycles. The average molecular weight is 394 g/mol. The summed E-state index contributed by atoms with van der Waals surface area (Å²) in [5.74, 6) is -0.688. The number of nitrogens with zero attached hydrogens (tertiary/aromatic N) is 4. The second-order valence-electron chi connectivity index (χ2n) is 5.26. The van der Waals surface area contributed by atoms with Gasteiger partial charge in [-0.1, -0.05) is 23.4 Å². The van der Waals surface area contributed by atoms with Crippen LogP contribution in [0, 0.1) is 5.82 Å². The number of hydrogen-bond donors (Lipinski definition) is 2. The smallest absolute Gasteiger partial charge is 0.237 e. The maximum absolute atomic E-state index is 13.1. The maximum atomic E-state index is 13.1. The quantitative estimate of drug-likeness (QED) is 0.646. The molecule has 3 aromatic rings. The van der Waals surface area contributed by atoms with Gasteiger partial charge in [0.1, 0.15) is 11.6 Å². The minimum Gasteiger partial charge on any atom is -0.508 e. The zero-order valence-corrected chi connectivity index (χ0v) is 15.0. The van der Waals surface area contributed by atoms with E-state index in [1.165, 1.54) is 28.9 Å². The van der Waals surface area contributed by atoms with E-state index in [4.69, 9.17) is 11.6 Å². The molecule has 0 saturated carbocycles. The number of phenolic OH excluding ortho intramolecular Hbond substituents is 1. The van der Waals surface area contributed by atoms with E-state index < -0.39 is 11.1 Å². The lowest BCUT2D eigenvalue weighted by atomic mass is 10.3. The average Bonchev–Trinajstić information content (AvgIpc) is 3.06. The number of carbonyl (C=O) groups excluding carboxylic acids is 1. The number of phenols is 1. The lowest BCUT2D eigenvalue weighted by Crippen LogP contribution is -2.23. The van der Waals surface area contributed by atoms with Crippen molar-refractivity contribution in [3.8, 4) is 11.4 Å². The maximum Gasteiger partial charge on any atom is 0.237 e. The molecule has 26 heavy (non-hydrogen) atoms. The highest BCUT2D eigenvalue weighted by Crippen LogP contribution is 2.27. The first-order valence-corrected chi connectivity index (χ1v) is 8.70. The fourth-order valence-electron chi connectivity index (χ4n) is 2.05. The van der Waals surface area contributed by atoms with Crippen LogP contribution < -0.4 is 5.32 Å². The molecule has 0 spiro atoms. The number of tetrazole rings is 1. The van der Waals surface area contributed by atoms with E-state index in [1.54, 1.807) is 19.1 Å². The first-order valence-electron chi connectivity index (χ1n) is 7.44. The number of aromatic nitrogens is 4. The molecule has 1 heterocycles. The molecule has 10 heteroatoms. The van der Waals surface area contributed by atoms with E-state index in [2.05, 4.69) is 20.8 Å². The lowest BCUT2D eigenvalue weighted by molar-refractivity contribution is -0.115. The lowest BCUT2D eigenvalue weighted by Gasteiger charge is -2.12. The molecule has 134 valence electrons. The minimum absolute atomic E-state index is 0.115. The van der Waals surface area contributed by atoms with Crippen LogP contribution in [0.1, 0.15) is 6.92 Å². The largest absolute Gasteiger partial charge is 0.508 e. The van der Waals surface area contributed by atoms with Gasteiger partial charge in [0, 0.05) is 0 Å². The molecule has 7 nitrogen and oxygen atoms in total. The number of hydrogen-bond acceptors (Lipinski definition) is 6. The highest BCUT2D eigenvalue weighted by atomic mass is 35.5. The summed E-state index contributed by atoms with van der Waals surface area (Å²) in [6.07, 6.45) is 0. The highest BCUT2D eigenvalue weighted by Gasteiger charge is 2.20. The van der Waals surface area contributed by atoms with Gasteiger partial charge in [-0.3, -0.25) is 4.79 Å². The Morgan fingerprint density at radius 2 is 2.04 bits per heavy atom. The molecule has 0 aliphatic heterocycles. The van der Waals surface area contributed by atoms with Crippen molar-refractivity contribution in [1.29, 1.82) is 0 Å². The van der Waals surface area contributed by atoms with Crippen molar-refractivity contribution in [3.05, 3.63) is 53.3 Å². The molecular weight excluding hydrogens is 381 g/mol. The van der Waals surface area contributed by atoms with Gasteiger partial charge in [0.25, 0.3) is 0 Å². The SMILES string of the molecule is CC(Sc1nnnn1-c1ccc(O)cc1)C(=O)Nc1ccc(F)cc1Cl. The first-order chi connectivity index (χ1) is 12.4. The van der Waals surface area contributed by atoms with Crippen LogP contribution in [0.5, 0.6) is 5.75 Å².